The first-order valence-electron chi connectivity index (χ1n) is 7.30. The van der Waals surface area contributed by atoms with Gasteiger partial charge in [-0.05, 0) is 45.0 Å². The molecule has 0 saturated carbocycles. The minimum Gasteiger partial charge on any atom is -0.369 e. The SMILES string of the molecule is C/C=C(\C)CN1CCN(c2ccc(C(C)=O)cc2)CC1. The third kappa shape index (κ3) is 3.70. The maximum absolute atomic E-state index is 11.3. The average Bonchev–Trinajstić information content (AvgIpc) is 2.48. The smallest absolute Gasteiger partial charge is 0.159 e. The number of piperazine rings is 1. The Morgan fingerprint density at radius 3 is 2.20 bits per heavy atom. The van der Waals surface area contributed by atoms with Crippen LogP contribution in [0.3, 0.4) is 0 Å². The van der Waals surface area contributed by atoms with E-state index >= 15 is 0 Å². The Morgan fingerprint density at radius 1 is 1.10 bits per heavy atom. The summed E-state index contributed by atoms with van der Waals surface area (Å²) in [4.78, 5) is 16.2. The maximum atomic E-state index is 11.3. The Bertz CT molecular complexity index is 482. The van der Waals surface area contributed by atoms with Gasteiger partial charge >= 0.3 is 0 Å². The monoisotopic (exact) mass is 272 g/mol. The molecule has 0 aromatic heterocycles. The lowest BCUT2D eigenvalue weighted by molar-refractivity contribution is 0.101. The highest BCUT2D eigenvalue weighted by molar-refractivity contribution is 5.94. The van der Waals surface area contributed by atoms with E-state index in [9.17, 15) is 4.79 Å². The van der Waals surface area contributed by atoms with Gasteiger partial charge in [-0.1, -0.05) is 11.6 Å². The number of hydrogen-bond acceptors (Lipinski definition) is 3. The molecule has 1 heterocycles. The van der Waals surface area contributed by atoms with Gasteiger partial charge in [-0.15, -0.1) is 0 Å². The first-order chi connectivity index (χ1) is 9.60. The largest absolute Gasteiger partial charge is 0.369 e. The topological polar surface area (TPSA) is 23.6 Å². The molecule has 0 aliphatic carbocycles. The highest BCUT2D eigenvalue weighted by Crippen LogP contribution is 2.18. The normalized spacial score (nSPS) is 17.4. The fraction of sp³-hybridized carbons (Fsp3) is 0.471. The fourth-order valence-electron chi connectivity index (χ4n) is 2.52. The summed E-state index contributed by atoms with van der Waals surface area (Å²) >= 11 is 0. The number of ketones is 1. The van der Waals surface area contributed by atoms with Crippen molar-refractivity contribution in [1.29, 1.82) is 0 Å². The summed E-state index contributed by atoms with van der Waals surface area (Å²) in [5, 5.41) is 0. The van der Waals surface area contributed by atoms with Gasteiger partial charge in [0.2, 0.25) is 0 Å². The zero-order chi connectivity index (χ0) is 14.5. The van der Waals surface area contributed by atoms with Crippen LogP contribution < -0.4 is 4.90 Å². The Morgan fingerprint density at radius 2 is 1.70 bits per heavy atom. The summed E-state index contributed by atoms with van der Waals surface area (Å²) in [6.45, 7) is 11.3. The summed E-state index contributed by atoms with van der Waals surface area (Å²) in [6, 6.07) is 7.97. The molecule has 0 spiro atoms. The van der Waals surface area contributed by atoms with Crippen molar-refractivity contribution >= 4 is 11.5 Å². The lowest BCUT2D eigenvalue weighted by atomic mass is 10.1. The van der Waals surface area contributed by atoms with E-state index in [1.54, 1.807) is 6.92 Å². The Balaban J connectivity index is 1.92. The van der Waals surface area contributed by atoms with Crippen LogP contribution in [0.5, 0.6) is 0 Å². The number of carbonyl (C=O) groups excluding carboxylic acids is 1. The molecule has 1 aromatic rings. The Labute approximate surface area is 121 Å². The van der Waals surface area contributed by atoms with E-state index in [0.29, 0.717) is 0 Å². The number of allylic oxidation sites excluding steroid dienone is 1. The number of anilines is 1. The number of hydrogen-bond donors (Lipinski definition) is 0. The molecule has 3 nitrogen and oxygen atoms in total. The molecule has 108 valence electrons. The zero-order valence-corrected chi connectivity index (χ0v) is 12.7. The number of rotatable bonds is 4. The molecular weight excluding hydrogens is 248 g/mol. The standard InChI is InChI=1S/C17H24N2O/c1-4-14(2)13-18-9-11-19(12-10-18)17-7-5-16(6-8-17)15(3)20/h4-8H,9-13H2,1-3H3/b14-4+. The lowest BCUT2D eigenvalue weighted by Gasteiger charge is -2.36. The van der Waals surface area contributed by atoms with Crippen molar-refractivity contribution in [2.75, 3.05) is 37.6 Å². The molecule has 0 radical (unpaired) electrons. The maximum Gasteiger partial charge on any atom is 0.159 e. The first kappa shape index (κ1) is 14.8. The summed E-state index contributed by atoms with van der Waals surface area (Å²) in [5.41, 5.74) is 3.44. The van der Waals surface area contributed by atoms with Gasteiger partial charge in [0.15, 0.2) is 5.78 Å². The fourth-order valence-corrected chi connectivity index (χ4v) is 2.52. The van der Waals surface area contributed by atoms with Gasteiger partial charge in [-0.25, -0.2) is 0 Å². The minimum atomic E-state index is 0.128. The van der Waals surface area contributed by atoms with Gasteiger partial charge in [-0.3, -0.25) is 9.69 Å². The second kappa shape index (κ2) is 6.71. The van der Waals surface area contributed by atoms with E-state index in [0.717, 1.165) is 38.3 Å². The Hall–Kier alpha value is -1.61. The predicted octanol–water partition coefficient (Wildman–Crippen LogP) is 2.98. The highest BCUT2D eigenvalue weighted by atomic mass is 16.1. The van der Waals surface area contributed by atoms with E-state index in [2.05, 4.69) is 41.9 Å². The van der Waals surface area contributed by atoms with E-state index in [-0.39, 0.29) is 5.78 Å². The van der Waals surface area contributed by atoms with Crippen LogP contribution in [0.15, 0.2) is 35.9 Å². The van der Waals surface area contributed by atoms with Gasteiger partial charge in [0.25, 0.3) is 0 Å². The first-order valence-corrected chi connectivity index (χ1v) is 7.30. The van der Waals surface area contributed by atoms with Crippen LogP contribution in [0, 0.1) is 0 Å². The van der Waals surface area contributed by atoms with Gasteiger partial charge in [-0.2, -0.15) is 0 Å². The molecule has 0 N–H and O–H groups in total. The van der Waals surface area contributed by atoms with Crippen molar-refractivity contribution in [3.05, 3.63) is 41.5 Å². The van der Waals surface area contributed by atoms with Crippen LogP contribution in [0.1, 0.15) is 31.1 Å². The molecule has 3 heteroatoms. The van der Waals surface area contributed by atoms with Gasteiger partial charge < -0.3 is 4.90 Å². The van der Waals surface area contributed by atoms with Crippen molar-refractivity contribution in [2.24, 2.45) is 0 Å². The van der Waals surface area contributed by atoms with Crippen molar-refractivity contribution in [3.63, 3.8) is 0 Å². The number of carbonyl (C=O) groups is 1. The second-order valence-electron chi connectivity index (χ2n) is 5.50. The van der Waals surface area contributed by atoms with Crippen molar-refractivity contribution < 1.29 is 4.79 Å². The van der Waals surface area contributed by atoms with E-state index < -0.39 is 0 Å². The van der Waals surface area contributed by atoms with E-state index in [1.807, 2.05) is 12.1 Å². The van der Waals surface area contributed by atoms with Gasteiger partial charge in [0.05, 0.1) is 0 Å². The third-order valence-electron chi connectivity index (χ3n) is 3.98. The number of nitrogens with zero attached hydrogens (tertiary/aromatic N) is 2. The van der Waals surface area contributed by atoms with Gasteiger partial charge in [0, 0.05) is 44.0 Å². The van der Waals surface area contributed by atoms with Crippen molar-refractivity contribution in [2.45, 2.75) is 20.8 Å². The summed E-state index contributed by atoms with van der Waals surface area (Å²) in [6.07, 6.45) is 2.19. The summed E-state index contributed by atoms with van der Waals surface area (Å²) < 4.78 is 0. The van der Waals surface area contributed by atoms with Gasteiger partial charge in [0.1, 0.15) is 0 Å². The Kier molecular flexibility index (Phi) is 4.96. The molecule has 0 unspecified atom stereocenters. The van der Waals surface area contributed by atoms with Crippen LogP contribution in [-0.2, 0) is 0 Å². The summed E-state index contributed by atoms with van der Waals surface area (Å²) in [5.74, 6) is 0.128. The van der Waals surface area contributed by atoms with Crippen LogP contribution in [0.4, 0.5) is 5.69 Å². The highest BCUT2D eigenvalue weighted by Gasteiger charge is 2.17. The predicted molar refractivity (Wildman–Crippen MR) is 84.5 cm³/mol. The van der Waals surface area contributed by atoms with Crippen LogP contribution >= 0.6 is 0 Å². The third-order valence-corrected chi connectivity index (χ3v) is 3.98. The average molecular weight is 272 g/mol. The molecular formula is C17H24N2O. The van der Waals surface area contributed by atoms with Crippen molar-refractivity contribution in [1.82, 2.24) is 4.90 Å². The molecule has 0 bridgehead atoms. The molecule has 0 atom stereocenters. The molecule has 1 aliphatic heterocycles. The summed E-state index contributed by atoms with van der Waals surface area (Å²) in [7, 11) is 0. The molecule has 1 fully saturated rings. The number of benzene rings is 1. The van der Waals surface area contributed by atoms with Crippen LogP contribution in [0.25, 0.3) is 0 Å². The second-order valence-corrected chi connectivity index (χ2v) is 5.50. The molecule has 1 aromatic carbocycles. The van der Waals surface area contributed by atoms with Crippen molar-refractivity contribution in [3.8, 4) is 0 Å². The molecule has 20 heavy (non-hydrogen) atoms. The lowest BCUT2D eigenvalue weighted by Crippen LogP contribution is -2.46. The minimum absolute atomic E-state index is 0.128. The molecule has 0 amide bonds. The van der Waals surface area contributed by atoms with Crippen LogP contribution in [-0.4, -0.2) is 43.4 Å². The molecule has 2 rings (SSSR count). The molecule has 1 aliphatic rings. The number of Topliss-reactive ketones (excluding diaryl/α,β-unsaturated/α-hetero) is 1. The van der Waals surface area contributed by atoms with E-state index in [4.69, 9.17) is 0 Å². The molecule has 1 saturated heterocycles. The van der Waals surface area contributed by atoms with Crippen LogP contribution in [0.2, 0.25) is 0 Å². The van der Waals surface area contributed by atoms with E-state index in [1.165, 1.54) is 11.3 Å². The quantitative estimate of drug-likeness (QED) is 0.622. The zero-order valence-electron chi connectivity index (χ0n) is 12.7.